The van der Waals surface area contributed by atoms with Gasteiger partial charge >= 0.3 is 6.18 Å². The van der Waals surface area contributed by atoms with Crippen LogP contribution in [0.2, 0.25) is 0 Å². The summed E-state index contributed by atoms with van der Waals surface area (Å²) in [6.45, 7) is 0.875. The van der Waals surface area contributed by atoms with Gasteiger partial charge in [-0.15, -0.1) is 0 Å². The Morgan fingerprint density at radius 1 is 1.36 bits per heavy atom. The highest BCUT2D eigenvalue weighted by Crippen LogP contribution is 2.33. The maximum atomic E-state index is 12.8. The van der Waals surface area contributed by atoms with Gasteiger partial charge in [0.25, 0.3) is 5.91 Å². The lowest BCUT2D eigenvalue weighted by Gasteiger charge is -2.16. The third-order valence-corrected chi connectivity index (χ3v) is 3.79. The van der Waals surface area contributed by atoms with E-state index in [1.165, 1.54) is 12.3 Å². The third-order valence-electron chi connectivity index (χ3n) is 3.79. The standard InChI is InChI=1S/C14H13F3N4O/c15-14(16,17)11-3-1-2-9(6-11)10-4-5-21(8-10)13(22)12-7-18-20-19-12/h1-3,6-7,10H,4-5,8H2,(H,18,19,20). The molecule has 1 aliphatic heterocycles. The van der Waals surface area contributed by atoms with Crippen LogP contribution in [0.4, 0.5) is 13.2 Å². The van der Waals surface area contributed by atoms with Gasteiger partial charge in [-0.25, -0.2) is 0 Å². The summed E-state index contributed by atoms with van der Waals surface area (Å²) in [6.07, 6.45) is -2.39. The molecule has 2 aromatic rings. The van der Waals surface area contributed by atoms with Crippen molar-refractivity contribution < 1.29 is 18.0 Å². The molecule has 8 heteroatoms. The number of carbonyl (C=O) groups is 1. The summed E-state index contributed by atoms with van der Waals surface area (Å²) in [5.41, 5.74) is 0.154. The second-order valence-electron chi connectivity index (χ2n) is 5.22. The number of aromatic nitrogens is 3. The molecular formula is C14H13F3N4O. The Balaban J connectivity index is 1.74. The van der Waals surface area contributed by atoms with Crippen LogP contribution in [0.5, 0.6) is 0 Å². The Bertz CT molecular complexity index is 669. The number of hydrogen-bond acceptors (Lipinski definition) is 3. The van der Waals surface area contributed by atoms with Crippen LogP contribution in [0.3, 0.4) is 0 Å². The Hall–Kier alpha value is -2.38. The molecule has 1 saturated heterocycles. The Kier molecular flexibility index (Phi) is 3.59. The van der Waals surface area contributed by atoms with Crippen LogP contribution in [-0.4, -0.2) is 39.3 Å². The maximum Gasteiger partial charge on any atom is 0.416 e. The zero-order valence-corrected chi connectivity index (χ0v) is 11.5. The summed E-state index contributed by atoms with van der Waals surface area (Å²) in [7, 11) is 0. The number of alkyl halides is 3. The number of carbonyl (C=O) groups excluding carboxylic acids is 1. The topological polar surface area (TPSA) is 61.9 Å². The van der Waals surface area contributed by atoms with Crippen molar-refractivity contribution in [1.29, 1.82) is 0 Å². The number of nitrogens with zero attached hydrogens (tertiary/aromatic N) is 3. The first kappa shape index (κ1) is 14.6. The van der Waals surface area contributed by atoms with Crippen LogP contribution in [0.1, 0.15) is 34.0 Å². The summed E-state index contributed by atoms with van der Waals surface area (Å²) < 4.78 is 38.3. The number of hydrogen-bond donors (Lipinski definition) is 1. The van der Waals surface area contributed by atoms with Crippen molar-refractivity contribution in [3.8, 4) is 0 Å². The largest absolute Gasteiger partial charge is 0.416 e. The van der Waals surface area contributed by atoms with E-state index in [1.54, 1.807) is 11.0 Å². The molecule has 1 aromatic heterocycles. The molecule has 1 N–H and O–H groups in total. The van der Waals surface area contributed by atoms with E-state index in [-0.39, 0.29) is 17.5 Å². The van der Waals surface area contributed by atoms with Crippen LogP contribution in [0, 0.1) is 0 Å². The molecule has 2 heterocycles. The molecule has 22 heavy (non-hydrogen) atoms. The van der Waals surface area contributed by atoms with E-state index in [9.17, 15) is 18.0 Å². The number of rotatable bonds is 2. The molecule has 1 aliphatic rings. The van der Waals surface area contributed by atoms with Gasteiger partial charge in [0.05, 0.1) is 11.8 Å². The normalized spacial score (nSPS) is 18.7. The smallest absolute Gasteiger partial charge is 0.337 e. The second kappa shape index (κ2) is 5.43. The maximum absolute atomic E-state index is 12.8. The first-order valence-corrected chi connectivity index (χ1v) is 6.77. The zero-order valence-electron chi connectivity index (χ0n) is 11.5. The van der Waals surface area contributed by atoms with Crippen LogP contribution in [0.15, 0.2) is 30.5 Å². The van der Waals surface area contributed by atoms with E-state index in [0.29, 0.717) is 25.1 Å². The highest BCUT2D eigenvalue weighted by atomic mass is 19.4. The number of nitrogens with one attached hydrogen (secondary N) is 1. The quantitative estimate of drug-likeness (QED) is 0.927. The van der Waals surface area contributed by atoms with E-state index in [0.717, 1.165) is 12.1 Å². The van der Waals surface area contributed by atoms with Gasteiger partial charge in [-0.05, 0) is 18.1 Å². The van der Waals surface area contributed by atoms with Crippen molar-refractivity contribution in [2.75, 3.05) is 13.1 Å². The molecule has 1 fully saturated rings. The molecule has 5 nitrogen and oxygen atoms in total. The van der Waals surface area contributed by atoms with E-state index in [2.05, 4.69) is 15.4 Å². The molecule has 0 radical (unpaired) electrons. The summed E-state index contributed by atoms with van der Waals surface area (Å²) in [5, 5.41) is 9.68. The van der Waals surface area contributed by atoms with Crippen LogP contribution < -0.4 is 0 Å². The van der Waals surface area contributed by atoms with Crippen molar-refractivity contribution >= 4 is 5.91 Å². The van der Waals surface area contributed by atoms with Crippen LogP contribution in [-0.2, 0) is 6.18 Å². The molecule has 3 rings (SSSR count). The fourth-order valence-corrected chi connectivity index (χ4v) is 2.65. The van der Waals surface area contributed by atoms with Crippen molar-refractivity contribution in [2.45, 2.75) is 18.5 Å². The third kappa shape index (κ3) is 2.81. The molecular weight excluding hydrogens is 297 g/mol. The van der Waals surface area contributed by atoms with Gasteiger partial charge in [-0.1, -0.05) is 18.2 Å². The Labute approximate surface area is 124 Å². The van der Waals surface area contributed by atoms with Crippen molar-refractivity contribution in [1.82, 2.24) is 20.3 Å². The molecule has 1 aromatic carbocycles. The van der Waals surface area contributed by atoms with Crippen molar-refractivity contribution in [3.63, 3.8) is 0 Å². The van der Waals surface area contributed by atoms with Gasteiger partial charge in [0.15, 0.2) is 5.69 Å². The number of benzene rings is 1. The van der Waals surface area contributed by atoms with Gasteiger partial charge in [0.2, 0.25) is 0 Å². The highest BCUT2D eigenvalue weighted by Gasteiger charge is 2.33. The van der Waals surface area contributed by atoms with Crippen molar-refractivity contribution in [2.24, 2.45) is 0 Å². The van der Waals surface area contributed by atoms with E-state index < -0.39 is 11.7 Å². The van der Waals surface area contributed by atoms with Gasteiger partial charge in [0, 0.05) is 19.0 Å². The average molecular weight is 310 g/mol. The minimum absolute atomic E-state index is 0.0989. The number of aromatic amines is 1. The number of likely N-dealkylation sites (tertiary alicyclic amines) is 1. The zero-order chi connectivity index (χ0) is 15.7. The molecule has 1 atom stereocenters. The van der Waals surface area contributed by atoms with Gasteiger partial charge in [-0.3, -0.25) is 4.79 Å². The number of amides is 1. The van der Waals surface area contributed by atoms with E-state index in [4.69, 9.17) is 0 Å². The summed E-state index contributed by atoms with van der Waals surface area (Å²) in [5.74, 6) is -0.360. The lowest BCUT2D eigenvalue weighted by atomic mass is 9.96. The summed E-state index contributed by atoms with van der Waals surface area (Å²) >= 11 is 0. The first-order valence-electron chi connectivity index (χ1n) is 6.77. The average Bonchev–Trinajstić information content (AvgIpc) is 3.17. The molecule has 0 bridgehead atoms. The van der Waals surface area contributed by atoms with Gasteiger partial charge in [-0.2, -0.15) is 28.6 Å². The minimum atomic E-state index is -4.36. The van der Waals surface area contributed by atoms with E-state index in [1.807, 2.05) is 0 Å². The highest BCUT2D eigenvalue weighted by molar-refractivity contribution is 5.92. The van der Waals surface area contributed by atoms with Crippen LogP contribution >= 0.6 is 0 Å². The monoisotopic (exact) mass is 310 g/mol. The fourth-order valence-electron chi connectivity index (χ4n) is 2.65. The number of H-pyrrole nitrogens is 1. The second-order valence-corrected chi connectivity index (χ2v) is 5.22. The lowest BCUT2D eigenvalue weighted by Crippen LogP contribution is -2.28. The SMILES string of the molecule is O=C(c1cn[nH]n1)N1CCC(c2cccc(C(F)(F)F)c2)C1. The molecule has 1 amide bonds. The number of halogens is 3. The molecule has 116 valence electrons. The first-order chi connectivity index (χ1) is 10.4. The minimum Gasteiger partial charge on any atom is -0.337 e. The molecule has 0 aliphatic carbocycles. The fraction of sp³-hybridized carbons (Fsp3) is 0.357. The lowest BCUT2D eigenvalue weighted by molar-refractivity contribution is -0.137. The predicted molar refractivity (Wildman–Crippen MR) is 71.1 cm³/mol. The molecule has 0 saturated carbocycles. The summed E-state index contributed by atoms with van der Waals surface area (Å²) in [4.78, 5) is 13.7. The van der Waals surface area contributed by atoms with Crippen molar-refractivity contribution in [3.05, 3.63) is 47.3 Å². The van der Waals surface area contributed by atoms with E-state index >= 15 is 0 Å². The van der Waals surface area contributed by atoms with Crippen LogP contribution in [0.25, 0.3) is 0 Å². The predicted octanol–water partition coefficient (Wildman–Crippen LogP) is 2.45. The Morgan fingerprint density at radius 3 is 2.86 bits per heavy atom. The Morgan fingerprint density at radius 2 is 2.18 bits per heavy atom. The molecule has 0 spiro atoms. The van der Waals surface area contributed by atoms with Gasteiger partial charge < -0.3 is 4.90 Å². The summed E-state index contributed by atoms with van der Waals surface area (Å²) in [6, 6.07) is 5.29. The van der Waals surface area contributed by atoms with Gasteiger partial charge in [0.1, 0.15) is 0 Å². The molecule has 1 unspecified atom stereocenters.